The van der Waals surface area contributed by atoms with Crippen molar-refractivity contribution in [3.63, 3.8) is 0 Å². The first-order chi connectivity index (χ1) is 14.3. The Balaban J connectivity index is 1.39. The van der Waals surface area contributed by atoms with Gasteiger partial charge in [-0.05, 0) is 36.3 Å². The SMILES string of the molecule is O=C(CSc1ncc(-c2ccccc2)n1CC1CCCO1)NCCc1cccs1. The maximum Gasteiger partial charge on any atom is 0.230 e. The Morgan fingerprint density at radius 2 is 2.17 bits per heavy atom. The monoisotopic (exact) mass is 427 g/mol. The zero-order valence-electron chi connectivity index (χ0n) is 16.3. The second-order valence-corrected chi connectivity index (χ2v) is 8.98. The molecule has 1 atom stereocenters. The molecule has 1 aromatic carbocycles. The summed E-state index contributed by atoms with van der Waals surface area (Å²) in [6.45, 7) is 2.27. The predicted octanol–water partition coefficient (Wildman–Crippen LogP) is 4.24. The minimum atomic E-state index is 0.0412. The molecule has 0 bridgehead atoms. The molecule has 3 heterocycles. The van der Waals surface area contributed by atoms with Crippen molar-refractivity contribution in [3.8, 4) is 11.3 Å². The molecule has 4 rings (SSSR count). The first kappa shape index (κ1) is 20.2. The summed E-state index contributed by atoms with van der Waals surface area (Å²) in [6, 6.07) is 14.4. The van der Waals surface area contributed by atoms with E-state index in [1.54, 1.807) is 11.3 Å². The second kappa shape index (κ2) is 10.1. The fraction of sp³-hybridized carbons (Fsp3) is 0.364. The molecule has 29 heavy (non-hydrogen) atoms. The summed E-state index contributed by atoms with van der Waals surface area (Å²) in [5.74, 6) is 0.403. The van der Waals surface area contributed by atoms with Crippen LogP contribution in [-0.4, -0.2) is 40.5 Å². The first-order valence-electron chi connectivity index (χ1n) is 9.94. The van der Waals surface area contributed by atoms with Gasteiger partial charge in [-0.3, -0.25) is 4.79 Å². The van der Waals surface area contributed by atoms with Gasteiger partial charge in [0.15, 0.2) is 5.16 Å². The van der Waals surface area contributed by atoms with Crippen LogP contribution in [0.2, 0.25) is 0 Å². The lowest BCUT2D eigenvalue weighted by atomic mass is 10.1. The Labute approximate surface area is 179 Å². The van der Waals surface area contributed by atoms with Crippen molar-refractivity contribution in [2.24, 2.45) is 0 Å². The number of aromatic nitrogens is 2. The average Bonchev–Trinajstić information content (AvgIpc) is 3.50. The van der Waals surface area contributed by atoms with E-state index in [2.05, 4.69) is 38.4 Å². The van der Waals surface area contributed by atoms with Crippen molar-refractivity contribution in [2.45, 2.75) is 37.1 Å². The minimum Gasteiger partial charge on any atom is -0.376 e. The average molecular weight is 428 g/mol. The Kier molecular flexibility index (Phi) is 7.03. The van der Waals surface area contributed by atoms with Gasteiger partial charge in [-0.2, -0.15) is 0 Å². The summed E-state index contributed by atoms with van der Waals surface area (Å²) in [7, 11) is 0. The normalized spacial score (nSPS) is 16.2. The third-order valence-electron chi connectivity index (χ3n) is 4.90. The zero-order valence-corrected chi connectivity index (χ0v) is 17.9. The van der Waals surface area contributed by atoms with E-state index in [9.17, 15) is 4.79 Å². The highest BCUT2D eigenvalue weighted by atomic mass is 32.2. The number of ether oxygens (including phenoxy) is 1. The quantitative estimate of drug-likeness (QED) is 0.519. The molecule has 1 N–H and O–H groups in total. The van der Waals surface area contributed by atoms with E-state index in [0.29, 0.717) is 12.3 Å². The van der Waals surface area contributed by atoms with E-state index in [1.165, 1.54) is 16.6 Å². The van der Waals surface area contributed by atoms with E-state index in [-0.39, 0.29) is 12.0 Å². The summed E-state index contributed by atoms with van der Waals surface area (Å²) < 4.78 is 8.05. The number of hydrogen-bond acceptors (Lipinski definition) is 5. The summed E-state index contributed by atoms with van der Waals surface area (Å²) in [6.07, 6.45) is 5.17. The number of rotatable bonds is 9. The highest BCUT2D eigenvalue weighted by Gasteiger charge is 2.21. The van der Waals surface area contributed by atoms with Gasteiger partial charge < -0.3 is 14.6 Å². The van der Waals surface area contributed by atoms with Gasteiger partial charge in [0.2, 0.25) is 5.91 Å². The van der Waals surface area contributed by atoms with Crippen LogP contribution >= 0.6 is 23.1 Å². The molecule has 1 amide bonds. The molecule has 1 fully saturated rings. The van der Waals surface area contributed by atoms with Gasteiger partial charge in [-0.25, -0.2) is 4.98 Å². The van der Waals surface area contributed by atoms with Crippen LogP contribution in [-0.2, 0) is 22.5 Å². The molecule has 0 spiro atoms. The smallest absolute Gasteiger partial charge is 0.230 e. The van der Waals surface area contributed by atoms with Gasteiger partial charge in [-0.1, -0.05) is 48.2 Å². The Hall–Kier alpha value is -2.09. The summed E-state index contributed by atoms with van der Waals surface area (Å²) in [5, 5.41) is 5.94. The van der Waals surface area contributed by atoms with E-state index in [0.717, 1.165) is 48.8 Å². The first-order valence-corrected chi connectivity index (χ1v) is 11.8. The van der Waals surface area contributed by atoms with Gasteiger partial charge in [0.05, 0.1) is 30.3 Å². The Morgan fingerprint density at radius 3 is 2.93 bits per heavy atom. The van der Waals surface area contributed by atoms with E-state index >= 15 is 0 Å². The Morgan fingerprint density at radius 1 is 1.28 bits per heavy atom. The topological polar surface area (TPSA) is 56.2 Å². The van der Waals surface area contributed by atoms with Crippen LogP contribution in [0.15, 0.2) is 59.2 Å². The minimum absolute atomic E-state index is 0.0412. The van der Waals surface area contributed by atoms with Crippen LogP contribution in [0.5, 0.6) is 0 Å². The summed E-state index contributed by atoms with van der Waals surface area (Å²) in [4.78, 5) is 18.2. The molecular weight excluding hydrogens is 402 g/mol. The van der Waals surface area contributed by atoms with Crippen LogP contribution in [0.3, 0.4) is 0 Å². The number of amides is 1. The molecule has 5 nitrogen and oxygen atoms in total. The predicted molar refractivity (Wildman–Crippen MR) is 118 cm³/mol. The van der Waals surface area contributed by atoms with Gasteiger partial charge in [0, 0.05) is 18.0 Å². The van der Waals surface area contributed by atoms with Crippen LogP contribution in [0, 0.1) is 0 Å². The number of imidazole rings is 1. The lowest BCUT2D eigenvalue weighted by molar-refractivity contribution is -0.118. The van der Waals surface area contributed by atoms with Gasteiger partial charge >= 0.3 is 0 Å². The standard InChI is InChI=1S/C22H25N3O2S2/c26-21(23-11-10-19-9-5-13-28-19)16-29-22-24-14-20(17-6-2-1-3-7-17)25(22)15-18-8-4-12-27-18/h1-3,5-7,9,13-14,18H,4,8,10-12,15-16H2,(H,23,26). The third-order valence-corrected chi connectivity index (χ3v) is 6.83. The van der Waals surface area contributed by atoms with E-state index in [4.69, 9.17) is 4.74 Å². The number of nitrogens with one attached hydrogen (secondary N) is 1. The Bertz CT molecular complexity index is 904. The van der Waals surface area contributed by atoms with Crippen molar-refractivity contribution in [2.75, 3.05) is 18.9 Å². The molecule has 3 aromatic rings. The summed E-state index contributed by atoms with van der Waals surface area (Å²) in [5.41, 5.74) is 2.20. The van der Waals surface area contributed by atoms with Crippen LogP contribution in [0.4, 0.5) is 0 Å². The third kappa shape index (κ3) is 5.50. The molecule has 1 unspecified atom stereocenters. The maximum atomic E-state index is 12.3. The molecule has 2 aromatic heterocycles. The number of benzene rings is 1. The molecular formula is C22H25N3O2S2. The molecule has 0 radical (unpaired) electrons. The lowest BCUT2D eigenvalue weighted by Gasteiger charge is -2.16. The molecule has 7 heteroatoms. The zero-order chi connectivity index (χ0) is 19.9. The van der Waals surface area contributed by atoms with Crippen molar-refractivity contribution in [1.29, 1.82) is 0 Å². The summed E-state index contributed by atoms with van der Waals surface area (Å²) >= 11 is 3.21. The van der Waals surface area contributed by atoms with Crippen molar-refractivity contribution in [3.05, 3.63) is 58.9 Å². The number of nitrogens with zero attached hydrogens (tertiary/aromatic N) is 2. The fourth-order valence-electron chi connectivity index (χ4n) is 3.44. The van der Waals surface area contributed by atoms with Crippen molar-refractivity contribution in [1.82, 2.24) is 14.9 Å². The highest BCUT2D eigenvalue weighted by Crippen LogP contribution is 2.28. The molecule has 0 saturated carbocycles. The molecule has 1 aliphatic heterocycles. The number of carbonyl (C=O) groups excluding carboxylic acids is 1. The van der Waals surface area contributed by atoms with Crippen LogP contribution in [0.1, 0.15) is 17.7 Å². The second-order valence-electron chi connectivity index (χ2n) is 7.01. The fourth-order valence-corrected chi connectivity index (χ4v) is 4.97. The van der Waals surface area contributed by atoms with Gasteiger partial charge in [-0.15, -0.1) is 11.3 Å². The largest absolute Gasteiger partial charge is 0.376 e. The molecule has 1 saturated heterocycles. The van der Waals surface area contributed by atoms with Crippen LogP contribution < -0.4 is 5.32 Å². The van der Waals surface area contributed by atoms with E-state index < -0.39 is 0 Å². The lowest BCUT2D eigenvalue weighted by Crippen LogP contribution is -2.27. The molecule has 152 valence electrons. The number of hydrogen-bond donors (Lipinski definition) is 1. The van der Waals surface area contributed by atoms with Crippen molar-refractivity contribution < 1.29 is 9.53 Å². The number of thioether (sulfide) groups is 1. The highest BCUT2D eigenvalue weighted by molar-refractivity contribution is 7.99. The number of carbonyl (C=O) groups is 1. The van der Waals surface area contributed by atoms with Gasteiger partial charge in [0.1, 0.15) is 0 Å². The van der Waals surface area contributed by atoms with Gasteiger partial charge in [0.25, 0.3) is 0 Å². The van der Waals surface area contributed by atoms with E-state index in [1.807, 2.05) is 30.5 Å². The maximum absolute atomic E-state index is 12.3. The van der Waals surface area contributed by atoms with Crippen LogP contribution in [0.25, 0.3) is 11.3 Å². The molecule has 1 aliphatic rings. The van der Waals surface area contributed by atoms with Crippen molar-refractivity contribution >= 4 is 29.0 Å². The molecule has 0 aliphatic carbocycles. The number of thiophene rings is 1.